The van der Waals surface area contributed by atoms with E-state index in [1.54, 1.807) is 12.1 Å². The molecule has 1 unspecified atom stereocenters. The summed E-state index contributed by atoms with van der Waals surface area (Å²) in [5.41, 5.74) is 7.15. The number of benzene rings is 1. The number of halogens is 1. The molecule has 0 bridgehead atoms. The Morgan fingerprint density at radius 1 is 1.30 bits per heavy atom. The van der Waals surface area contributed by atoms with Gasteiger partial charge in [0.05, 0.1) is 11.7 Å². The Hall–Kier alpha value is -2.27. The van der Waals surface area contributed by atoms with E-state index in [9.17, 15) is 4.79 Å². The second kappa shape index (κ2) is 5.79. The van der Waals surface area contributed by atoms with Crippen molar-refractivity contribution in [2.75, 3.05) is 11.1 Å². The van der Waals surface area contributed by atoms with E-state index >= 15 is 0 Å². The van der Waals surface area contributed by atoms with E-state index in [1.165, 1.54) is 12.1 Å². The van der Waals surface area contributed by atoms with Gasteiger partial charge in [0.2, 0.25) is 0 Å². The average Bonchev–Trinajstić information content (AvgIpc) is 2.41. The van der Waals surface area contributed by atoms with Crippen LogP contribution < -0.4 is 11.1 Å². The van der Waals surface area contributed by atoms with E-state index in [-0.39, 0.29) is 11.7 Å². The monoisotopic (exact) mass is 291 g/mol. The van der Waals surface area contributed by atoms with Crippen molar-refractivity contribution in [2.45, 2.75) is 13.0 Å². The van der Waals surface area contributed by atoms with Crippen molar-refractivity contribution >= 4 is 29.1 Å². The maximum Gasteiger partial charge on any atom is 0.354 e. The average molecular weight is 292 g/mol. The third kappa shape index (κ3) is 3.19. The van der Waals surface area contributed by atoms with E-state index in [0.717, 1.165) is 5.56 Å². The zero-order valence-electron chi connectivity index (χ0n) is 10.8. The van der Waals surface area contributed by atoms with Crippen LogP contribution in [0.5, 0.6) is 0 Å². The number of hydrogen-bond acceptors (Lipinski definition) is 4. The summed E-state index contributed by atoms with van der Waals surface area (Å²) < 4.78 is 0. The van der Waals surface area contributed by atoms with Gasteiger partial charge in [-0.05, 0) is 36.8 Å². The van der Waals surface area contributed by atoms with Crippen LogP contribution >= 0.6 is 11.6 Å². The first-order valence-electron chi connectivity index (χ1n) is 5.99. The molecular formula is C14H14ClN3O2. The van der Waals surface area contributed by atoms with Crippen LogP contribution in [0.25, 0.3) is 0 Å². The molecule has 1 atom stereocenters. The topological polar surface area (TPSA) is 88.2 Å². The first-order chi connectivity index (χ1) is 9.47. The summed E-state index contributed by atoms with van der Waals surface area (Å²) in [4.78, 5) is 14.9. The number of nitrogens with one attached hydrogen (secondary N) is 1. The third-order valence-corrected chi connectivity index (χ3v) is 3.12. The Labute approximate surface area is 121 Å². The van der Waals surface area contributed by atoms with Crippen molar-refractivity contribution < 1.29 is 9.90 Å². The Balaban J connectivity index is 2.22. The Morgan fingerprint density at radius 3 is 2.55 bits per heavy atom. The number of nitrogen functional groups attached to an aromatic ring is 1. The van der Waals surface area contributed by atoms with E-state index in [0.29, 0.717) is 16.5 Å². The standard InChI is InChI=1S/C14H14ClN3O2/c1-8(9-2-4-10(15)5-3-9)17-13-11(16)6-7-12(18-13)14(19)20/h2-8H,16H2,1H3,(H,17,18)(H,19,20). The van der Waals surface area contributed by atoms with Crippen molar-refractivity contribution in [2.24, 2.45) is 0 Å². The molecule has 0 saturated carbocycles. The largest absolute Gasteiger partial charge is 0.477 e. The molecule has 20 heavy (non-hydrogen) atoms. The fourth-order valence-electron chi connectivity index (χ4n) is 1.74. The van der Waals surface area contributed by atoms with Crippen LogP contribution in [0, 0.1) is 0 Å². The number of anilines is 2. The van der Waals surface area contributed by atoms with Crippen molar-refractivity contribution in [1.29, 1.82) is 0 Å². The SMILES string of the molecule is CC(Nc1nc(C(=O)O)ccc1N)c1ccc(Cl)cc1. The highest BCUT2D eigenvalue weighted by atomic mass is 35.5. The number of carbonyl (C=O) groups is 1. The minimum atomic E-state index is -1.09. The van der Waals surface area contributed by atoms with Crippen LogP contribution in [-0.2, 0) is 0 Å². The second-order valence-corrected chi connectivity index (χ2v) is 4.79. The fraction of sp³-hybridized carbons (Fsp3) is 0.143. The molecule has 0 saturated heterocycles. The lowest BCUT2D eigenvalue weighted by atomic mass is 10.1. The number of hydrogen-bond donors (Lipinski definition) is 3. The number of carboxylic acids is 1. The zero-order valence-corrected chi connectivity index (χ0v) is 11.6. The summed E-state index contributed by atoms with van der Waals surface area (Å²) in [6.45, 7) is 1.93. The third-order valence-electron chi connectivity index (χ3n) is 2.87. The van der Waals surface area contributed by atoms with Gasteiger partial charge in [0.15, 0.2) is 11.5 Å². The van der Waals surface area contributed by atoms with Crippen LogP contribution in [0.4, 0.5) is 11.5 Å². The molecule has 0 amide bonds. The minimum absolute atomic E-state index is 0.0509. The molecule has 6 heteroatoms. The molecule has 2 aromatic rings. The van der Waals surface area contributed by atoms with Gasteiger partial charge in [0, 0.05) is 5.02 Å². The summed E-state index contributed by atoms with van der Waals surface area (Å²) in [7, 11) is 0. The van der Waals surface area contributed by atoms with Gasteiger partial charge in [-0.3, -0.25) is 0 Å². The van der Waals surface area contributed by atoms with Crippen molar-refractivity contribution in [3.05, 3.63) is 52.7 Å². The number of nitrogens with two attached hydrogens (primary N) is 1. The Morgan fingerprint density at radius 2 is 1.95 bits per heavy atom. The Kier molecular flexibility index (Phi) is 4.10. The molecule has 4 N–H and O–H groups in total. The normalized spacial score (nSPS) is 11.9. The number of pyridine rings is 1. The minimum Gasteiger partial charge on any atom is -0.477 e. The first kappa shape index (κ1) is 14.1. The molecule has 0 fully saturated rings. The molecular weight excluding hydrogens is 278 g/mol. The van der Waals surface area contributed by atoms with Gasteiger partial charge in [0.25, 0.3) is 0 Å². The van der Waals surface area contributed by atoms with Gasteiger partial charge in [-0.15, -0.1) is 0 Å². The Bertz CT molecular complexity index is 629. The molecule has 104 valence electrons. The lowest BCUT2D eigenvalue weighted by Gasteiger charge is -2.16. The second-order valence-electron chi connectivity index (χ2n) is 4.36. The van der Waals surface area contributed by atoms with E-state index in [4.69, 9.17) is 22.4 Å². The molecule has 1 aromatic carbocycles. The summed E-state index contributed by atoms with van der Waals surface area (Å²) in [5, 5.41) is 12.7. The lowest BCUT2D eigenvalue weighted by Crippen LogP contribution is -2.12. The van der Waals surface area contributed by atoms with Crippen LogP contribution in [0.2, 0.25) is 5.02 Å². The van der Waals surface area contributed by atoms with Crippen LogP contribution in [0.1, 0.15) is 29.0 Å². The highest BCUT2D eigenvalue weighted by Crippen LogP contribution is 2.23. The smallest absolute Gasteiger partial charge is 0.354 e. The molecule has 0 spiro atoms. The van der Waals surface area contributed by atoms with Gasteiger partial charge >= 0.3 is 5.97 Å². The summed E-state index contributed by atoms with van der Waals surface area (Å²) in [6, 6.07) is 10.2. The molecule has 5 nitrogen and oxygen atoms in total. The van der Waals surface area contributed by atoms with Crippen LogP contribution in [0.15, 0.2) is 36.4 Å². The van der Waals surface area contributed by atoms with Gasteiger partial charge in [-0.25, -0.2) is 9.78 Å². The molecule has 0 radical (unpaired) electrons. The van der Waals surface area contributed by atoms with Gasteiger partial charge < -0.3 is 16.2 Å². The molecule has 0 aliphatic carbocycles. The quantitative estimate of drug-likeness (QED) is 0.805. The number of carboxylic acid groups (broad SMARTS) is 1. The maximum atomic E-state index is 10.9. The number of nitrogens with zero attached hydrogens (tertiary/aromatic N) is 1. The fourth-order valence-corrected chi connectivity index (χ4v) is 1.87. The van der Waals surface area contributed by atoms with Gasteiger partial charge in [-0.2, -0.15) is 0 Å². The number of aromatic carboxylic acids is 1. The van der Waals surface area contributed by atoms with Gasteiger partial charge in [-0.1, -0.05) is 23.7 Å². The van der Waals surface area contributed by atoms with Crippen molar-refractivity contribution in [1.82, 2.24) is 4.98 Å². The lowest BCUT2D eigenvalue weighted by molar-refractivity contribution is 0.0690. The molecule has 1 heterocycles. The van der Waals surface area contributed by atoms with E-state index in [2.05, 4.69) is 10.3 Å². The molecule has 0 aliphatic rings. The van der Waals surface area contributed by atoms with Gasteiger partial charge in [0.1, 0.15) is 0 Å². The molecule has 0 aliphatic heterocycles. The van der Waals surface area contributed by atoms with Crippen molar-refractivity contribution in [3.63, 3.8) is 0 Å². The highest BCUT2D eigenvalue weighted by molar-refractivity contribution is 6.30. The predicted molar refractivity (Wildman–Crippen MR) is 79.1 cm³/mol. The molecule has 2 rings (SSSR count). The van der Waals surface area contributed by atoms with Crippen molar-refractivity contribution in [3.8, 4) is 0 Å². The maximum absolute atomic E-state index is 10.9. The summed E-state index contributed by atoms with van der Waals surface area (Å²) in [5.74, 6) is -0.737. The van der Waals surface area contributed by atoms with Crippen LogP contribution in [-0.4, -0.2) is 16.1 Å². The number of aromatic nitrogens is 1. The predicted octanol–water partition coefficient (Wildman–Crippen LogP) is 3.19. The number of rotatable bonds is 4. The van der Waals surface area contributed by atoms with E-state index < -0.39 is 5.97 Å². The molecule has 1 aromatic heterocycles. The zero-order chi connectivity index (χ0) is 14.7. The van der Waals surface area contributed by atoms with Crippen LogP contribution in [0.3, 0.4) is 0 Å². The first-order valence-corrected chi connectivity index (χ1v) is 6.37. The highest BCUT2D eigenvalue weighted by Gasteiger charge is 2.12. The summed E-state index contributed by atoms with van der Waals surface area (Å²) >= 11 is 5.84. The summed E-state index contributed by atoms with van der Waals surface area (Å²) in [6.07, 6.45) is 0. The van der Waals surface area contributed by atoms with E-state index in [1.807, 2.05) is 19.1 Å².